The number of benzene rings is 1. The molecule has 2 rings (SSSR count). The minimum Gasteiger partial charge on any atom is -0.447 e. The summed E-state index contributed by atoms with van der Waals surface area (Å²) in [6.07, 6.45) is -1.11. The molecule has 0 saturated carbocycles. The number of carbonyl (C=O) groups is 3. The van der Waals surface area contributed by atoms with Gasteiger partial charge >= 0.3 is 12.0 Å². The van der Waals surface area contributed by atoms with E-state index < -0.39 is 24.0 Å². The van der Waals surface area contributed by atoms with Gasteiger partial charge in [-0.1, -0.05) is 30.3 Å². The van der Waals surface area contributed by atoms with Crippen molar-refractivity contribution in [2.75, 3.05) is 7.05 Å². The van der Waals surface area contributed by atoms with Gasteiger partial charge in [0.2, 0.25) is 6.10 Å². The Hall–Kier alpha value is -2.67. The summed E-state index contributed by atoms with van der Waals surface area (Å²) in [6, 6.07) is 9.70. The molecule has 2 aromatic rings. The molecule has 7 heteroatoms. The first kappa shape index (κ1) is 16.7. The van der Waals surface area contributed by atoms with Crippen LogP contribution in [0.5, 0.6) is 0 Å². The number of ether oxygens (including phenoxy) is 1. The Kier molecular flexibility index (Phi) is 5.87. The van der Waals surface area contributed by atoms with Gasteiger partial charge in [-0.15, -0.1) is 0 Å². The lowest BCUT2D eigenvalue weighted by Gasteiger charge is -2.17. The molecular weight excluding hydrogens is 316 g/mol. The summed E-state index contributed by atoms with van der Waals surface area (Å²) >= 11 is 1.47. The van der Waals surface area contributed by atoms with E-state index in [0.717, 1.165) is 5.56 Å². The highest BCUT2D eigenvalue weighted by Crippen LogP contribution is 2.19. The zero-order valence-corrected chi connectivity index (χ0v) is 13.3. The highest BCUT2D eigenvalue weighted by atomic mass is 32.1. The van der Waals surface area contributed by atoms with Crippen molar-refractivity contribution in [3.63, 3.8) is 0 Å². The van der Waals surface area contributed by atoms with E-state index in [0.29, 0.717) is 5.56 Å². The Morgan fingerprint density at radius 3 is 2.52 bits per heavy atom. The molecule has 0 fully saturated rings. The largest absolute Gasteiger partial charge is 0.447 e. The van der Waals surface area contributed by atoms with E-state index in [-0.39, 0.29) is 6.42 Å². The molecule has 3 amide bonds. The molecule has 0 spiro atoms. The zero-order chi connectivity index (χ0) is 16.7. The number of nitrogens with one attached hydrogen (secondary N) is 2. The fraction of sp³-hybridized carbons (Fsp3) is 0.188. The van der Waals surface area contributed by atoms with Gasteiger partial charge < -0.3 is 10.1 Å². The Morgan fingerprint density at radius 2 is 1.91 bits per heavy atom. The molecule has 1 aromatic carbocycles. The van der Waals surface area contributed by atoms with E-state index in [2.05, 4.69) is 10.6 Å². The average Bonchev–Trinajstić information content (AvgIpc) is 3.06. The van der Waals surface area contributed by atoms with Crippen LogP contribution in [0.1, 0.15) is 17.2 Å². The lowest BCUT2D eigenvalue weighted by Crippen LogP contribution is -2.41. The van der Waals surface area contributed by atoms with Gasteiger partial charge in [0, 0.05) is 12.6 Å². The summed E-state index contributed by atoms with van der Waals surface area (Å²) in [5.74, 6) is -1.24. The lowest BCUT2D eigenvalue weighted by molar-refractivity contribution is -0.155. The molecule has 0 saturated heterocycles. The van der Waals surface area contributed by atoms with Crippen LogP contribution in [0.4, 0.5) is 4.79 Å². The number of hydrogen-bond donors (Lipinski definition) is 2. The number of thiophene rings is 1. The summed E-state index contributed by atoms with van der Waals surface area (Å²) in [7, 11) is 1.39. The number of amides is 3. The fourth-order valence-electron chi connectivity index (χ4n) is 1.87. The number of esters is 1. The molecule has 0 aliphatic heterocycles. The van der Waals surface area contributed by atoms with Crippen molar-refractivity contribution in [3.05, 3.63) is 58.3 Å². The molecular formula is C16H16N2O4S. The van der Waals surface area contributed by atoms with E-state index >= 15 is 0 Å². The van der Waals surface area contributed by atoms with Crippen LogP contribution in [-0.2, 0) is 20.7 Å². The Morgan fingerprint density at radius 1 is 1.17 bits per heavy atom. The SMILES string of the molecule is CNC(=O)NC(=O)[C@@H](OC(=O)Cc1ccsc1)c1ccccc1. The van der Waals surface area contributed by atoms with Crippen LogP contribution in [0.25, 0.3) is 0 Å². The minimum absolute atomic E-state index is 0.0695. The van der Waals surface area contributed by atoms with Crippen LogP contribution >= 0.6 is 11.3 Å². The molecule has 0 bridgehead atoms. The van der Waals surface area contributed by atoms with E-state index in [1.807, 2.05) is 16.8 Å². The van der Waals surface area contributed by atoms with Crippen LogP contribution in [-0.4, -0.2) is 25.0 Å². The Balaban J connectivity index is 2.11. The number of rotatable bonds is 5. The molecule has 1 atom stereocenters. The second-order valence-electron chi connectivity index (χ2n) is 4.66. The van der Waals surface area contributed by atoms with Gasteiger partial charge in [-0.2, -0.15) is 11.3 Å². The maximum Gasteiger partial charge on any atom is 0.321 e. The Labute approximate surface area is 137 Å². The van der Waals surface area contributed by atoms with Crippen molar-refractivity contribution in [2.24, 2.45) is 0 Å². The van der Waals surface area contributed by atoms with Gasteiger partial charge in [-0.25, -0.2) is 4.79 Å². The van der Waals surface area contributed by atoms with Crippen molar-refractivity contribution in [1.82, 2.24) is 10.6 Å². The molecule has 1 aromatic heterocycles. The van der Waals surface area contributed by atoms with Crippen LogP contribution in [0, 0.1) is 0 Å². The second kappa shape index (κ2) is 8.09. The van der Waals surface area contributed by atoms with Crippen LogP contribution in [0.15, 0.2) is 47.2 Å². The first-order valence-corrected chi connectivity index (χ1v) is 7.82. The molecule has 23 heavy (non-hydrogen) atoms. The predicted octanol–water partition coefficient (Wildman–Crippen LogP) is 2.03. The third kappa shape index (κ3) is 4.93. The second-order valence-corrected chi connectivity index (χ2v) is 5.44. The third-order valence-corrected chi connectivity index (χ3v) is 3.71. The zero-order valence-electron chi connectivity index (χ0n) is 12.4. The first-order valence-electron chi connectivity index (χ1n) is 6.88. The molecule has 0 unspecified atom stereocenters. The van der Waals surface area contributed by atoms with Crippen LogP contribution in [0.3, 0.4) is 0 Å². The molecule has 0 aliphatic carbocycles. The Bertz CT molecular complexity index is 671. The summed E-state index contributed by atoms with van der Waals surface area (Å²) in [5.41, 5.74) is 1.31. The summed E-state index contributed by atoms with van der Waals surface area (Å²) in [6.45, 7) is 0. The third-order valence-electron chi connectivity index (χ3n) is 2.98. The molecule has 1 heterocycles. The minimum atomic E-state index is -1.18. The average molecular weight is 332 g/mol. The smallest absolute Gasteiger partial charge is 0.321 e. The normalized spacial score (nSPS) is 11.3. The van der Waals surface area contributed by atoms with Gasteiger partial charge in [0.1, 0.15) is 0 Å². The number of urea groups is 1. The number of imide groups is 1. The van der Waals surface area contributed by atoms with Crippen molar-refractivity contribution < 1.29 is 19.1 Å². The lowest BCUT2D eigenvalue weighted by atomic mass is 10.1. The highest BCUT2D eigenvalue weighted by molar-refractivity contribution is 7.07. The van der Waals surface area contributed by atoms with Crippen LogP contribution < -0.4 is 10.6 Å². The maximum absolute atomic E-state index is 12.2. The number of carbonyl (C=O) groups excluding carboxylic acids is 3. The predicted molar refractivity (Wildman–Crippen MR) is 85.9 cm³/mol. The monoisotopic (exact) mass is 332 g/mol. The fourth-order valence-corrected chi connectivity index (χ4v) is 2.54. The standard InChI is InChI=1S/C16H16N2O4S/c1-17-16(21)18-15(20)14(12-5-3-2-4-6-12)22-13(19)9-11-7-8-23-10-11/h2-8,10,14H,9H2,1H3,(H2,17,18,20,21)/t14-/m0/s1. The maximum atomic E-state index is 12.2. The van der Waals surface area contributed by atoms with Gasteiger partial charge in [0.25, 0.3) is 5.91 Å². The summed E-state index contributed by atoms with van der Waals surface area (Å²) in [5, 5.41) is 8.10. The van der Waals surface area contributed by atoms with Crippen molar-refractivity contribution in [1.29, 1.82) is 0 Å². The quantitative estimate of drug-likeness (QED) is 0.821. The van der Waals surface area contributed by atoms with Gasteiger partial charge in [0.05, 0.1) is 6.42 Å². The summed E-state index contributed by atoms with van der Waals surface area (Å²) in [4.78, 5) is 35.6. The first-order chi connectivity index (χ1) is 11.1. The van der Waals surface area contributed by atoms with E-state index in [1.54, 1.807) is 30.3 Å². The van der Waals surface area contributed by atoms with E-state index in [9.17, 15) is 14.4 Å². The van der Waals surface area contributed by atoms with E-state index in [1.165, 1.54) is 18.4 Å². The van der Waals surface area contributed by atoms with Crippen molar-refractivity contribution in [2.45, 2.75) is 12.5 Å². The van der Waals surface area contributed by atoms with Gasteiger partial charge in [-0.3, -0.25) is 14.9 Å². The van der Waals surface area contributed by atoms with Crippen molar-refractivity contribution >= 4 is 29.2 Å². The van der Waals surface area contributed by atoms with Crippen LogP contribution in [0.2, 0.25) is 0 Å². The molecule has 6 nitrogen and oxygen atoms in total. The van der Waals surface area contributed by atoms with Gasteiger partial charge in [0.15, 0.2) is 0 Å². The van der Waals surface area contributed by atoms with Crippen molar-refractivity contribution in [3.8, 4) is 0 Å². The molecule has 0 aliphatic rings. The molecule has 120 valence electrons. The van der Waals surface area contributed by atoms with E-state index in [4.69, 9.17) is 4.74 Å². The molecule has 2 N–H and O–H groups in total. The number of hydrogen-bond acceptors (Lipinski definition) is 5. The molecule has 0 radical (unpaired) electrons. The topological polar surface area (TPSA) is 84.5 Å². The highest BCUT2D eigenvalue weighted by Gasteiger charge is 2.26. The summed E-state index contributed by atoms with van der Waals surface area (Å²) < 4.78 is 5.29. The van der Waals surface area contributed by atoms with Gasteiger partial charge in [-0.05, 0) is 22.4 Å².